The lowest BCUT2D eigenvalue weighted by Crippen LogP contribution is -2.38. The van der Waals surface area contributed by atoms with Gasteiger partial charge in [-0.25, -0.2) is 0 Å². The number of fused-ring (bicyclic) bond motifs is 1. The molecule has 1 atom stereocenters. The van der Waals surface area contributed by atoms with Gasteiger partial charge in [0.05, 0.1) is 17.7 Å². The van der Waals surface area contributed by atoms with Crippen molar-refractivity contribution in [2.45, 2.75) is 32.7 Å². The van der Waals surface area contributed by atoms with E-state index in [1.54, 1.807) is 25.1 Å². The van der Waals surface area contributed by atoms with Crippen LogP contribution in [0.15, 0.2) is 18.2 Å². The third kappa shape index (κ3) is 3.39. The Morgan fingerprint density at radius 1 is 1.30 bits per heavy atom. The molecular formula is C16H18N2O5. The van der Waals surface area contributed by atoms with Crippen molar-refractivity contribution in [3.63, 3.8) is 0 Å². The number of amides is 4. The van der Waals surface area contributed by atoms with Gasteiger partial charge in [0.2, 0.25) is 12.3 Å². The number of nitrogens with zero attached hydrogens (tertiary/aromatic N) is 1. The van der Waals surface area contributed by atoms with Crippen LogP contribution in [0.2, 0.25) is 0 Å². The van der Waals surface area contributed by atoms with E-state index in [0.29, 0.717) is 29.9 Å². The zero-order valence-electron chi connectivity index (χ0n) is 13.0. The minimum absolute atomic E-state index is 0.0531. The van der Waals surface area contributed by atoms with Gasteiger partial charge in [0.25, 0.3) is 11.8 Å². The molecule has 1 unspecified atom stereocenters. The lowest BCUT2D eigenvalue weighted by Gasteiger charge is -2.22. The van der Waals surface area contributed by atoms with Crippen LogP contribution in [0.3, 0.4) is 0 Å². The Bertz CT molecular complexity index is 656. The lowest BCUT2D eigenvalue weighted by molar-refractivity contribution is -0.125. The molecule has 1 aromatic rings. The Kier molecular flexibility index (Phi) is 5.10. The number of hydrogen-bond acceptors (Lipinski definition) is 5. The molecule has 0 bridgehead atoms. The van der Waals surface area contributed by atoms with Crippen LogP contribution in [-0.4, -0.2) is 41.7 Å². The summed E-state index contributed by atoms with van der Waals surface area (Å²) < 4.78 is 5.35. The minimum atomic E-state index is -0.449. The smallest absolute Gasteiger partial charge is 0.261 e. The molecule has 23 heavy (non-hydrogen) atoms. The molecule has 2 rings (SSSR count). The molecular weight excluding hydrogens is 300 g/mol. The van der Waals surface area contributed by atoms with E-state index in [1.165, 1.54) is 0 Å². The number of carbonyl (C=O) groups excluding carboxylic acids is 4. The molecule has 0 aliphatic carbocycles. The van der Waals surface area contributed by atoms with Gasteiger partial charge < -0.3 is 4.74 Å². The summed E-state index contributed by atoms with van der Waals surface area (Å²) in [5, 5.41) is 2.03. The molecule has 7 heteroatoms. The number of hydrogen-bond donors (Lipinski definition) is 1. The van der Waals surface area contributed by atoms with Gasteiger partial charge in [-0.15, -0.1) is 0 Å². The van der Waals surface area contributed by atoms with Crippen molar-refractivity contribution >= 4 is 24.1 Å². The van der Waals surface area contributed by atoms with Crippen molar-refractivity contribution in [1.29, 1.82) is 0 Å². The van der Waals surface area contributed by atoms with Gasteiger partial charge in [-0.1, -0.05) is 0 Å². The highest BCUT2D eigenvalue weighted by Gasteiger charge is 2.38. The maximum absolute atomic E-state index is 12.5. The first-order valence-corrected chi connectivity index (χ1v) is 7.37. The summed E-state index contributed by atoms with van der Waals surface area (Å²) >= 11 is 0. The summed E-state index contributed by atoms with van der Waals surface area (Å²) in [6.07, 6.45) is 0.644. The molecule has 0 fully saturated rings. The van der Waals surface area contributed by atoms with Crippen LogP contribution in [0.1, 0.15) is 47.4 Å². The highest BCUT2D eigenvalue weighted by Crippen LogP contribution is 2.29. The molecule has 1 aliphatic rings. The average molecular weight is 318 g/mol. The fraction of sp³-hybridized carbons (Fsp3) is 0.375. The predicted octanol–water partition coefficient (Wildman–Crippen LogP) is 1.12. The molecule has 1 aliphatic heterocycles. The van der Waals surface area contributed by atoms with Gasteiger partial charge in [0.1, 0.15) is 5.75 Å². The molecule has 1 N–H and O–H groups in total. The highest BCUT2D eigenvalue weighted by atomic mass is 16.5. The minimum Gasteiger partial charge on any atom is -0.494 e. The van der Waals surface area contributed by atoms with Crippen molar-refractivity contribution in [1.82, 2.24) is 10.2 Å². The molecule has 0 saturated heterocycles. The molecule has 0 spiro atoms. The number of nitrogens with one attached hydrogen (secondary N) is 1. The summed E-state index contributed by atoms with van der Waals surface area (Å²) in [4.78, 5) is 47.5. The summed E-state index contributed by atoms with van der Waals surface area (Å²) in [5.41, 5.74) is 0.646. The third-order valence-electron chi connectivity index (χ3n) is 3.65. The van der Waals surface area contributed by atoms with Crippen molar-refractivity contribution in [3.8, 4) is 5.75 Å². The van der Waals surface area contributed by atoms with Crippen molar-refractivity contribution in [2.24, 2.45) is 0 Å². The molecule has 0 aromatic heterocycles. The van der Waals surface area contributed by atoms with Crippen molar-refractivity contribution < 1.29 is 23.9 Å². The Balaban J connectivity index is 2.13. The number of imide groups is 2. The highest BCUT2D eigenvalue weighted by molar-refractivity contribution is 6.21. The van der Waals surface area contributed by atoms with Gasteiger partial charge in [-0.05, 0) is 38.5 Å². The van der Waals surface area contributed by atoms with Gasteiger partial charge >= 0.3 is 0 Å². The topological polar surface area (TPSA) is 92.8 Å². The lowest BCUT2D eigenvalue weighted by atomic mass is 10.1. The van der Waals surface area contributed by atoms with Crippen LogP contribution in [-0.2, 0) is 9.59 Å². The zero-order chi connectivity index (χ0) is 17.0. The van der Waals surface area contributed by atoms with Crippen LogP contribution >= 0.6 is 0 Å². The molecule has 122 valence electrons. The standard InChI is InChI=1S/C16H18N2O5/c1-3-23-11-5-6-12-13(8-11)16(22)18(15(12)21)10(2)4-7-14(20)17-9-19/h5-6,8-10H,3-4,7H2,1-2H3,(H,17,19,20). The second kappa shape index (κ2) is 7.04. The SMILES string of the molecule is CCOc1ccc2c(c1)C(=O)N(C(C)CCC(=O)NC=O)C2=O. The van der Waals surface area contributed by atoms with E-state index in [4.69, 9.17) is 4.74 Å². The van der Waals surface area contributed by atoms with E-state index < -0.39 is 17.9 Å². The monoisotopic (exact) mass is 318 g/mol. The molecule has 4 amide bonds. The van der Waals surface area contributed by atoms with Crippen molar-refractivity contribution in [2.75, 3.05) is 6.61 Å². The second-order valence-corrected chi connectivity index (χ2v) is 5.19. The van der Waals surface area contributed by atoms with E-state index in [0.717, 1.165) is 4.90 Å². The maximum atomic E-state index is 12.5. The summed E-state index contributed by atoms with van der Waals surface area (Å²) in [5.74, 6) is -0.680. The molecule has 7 nitrogen and oxygen atoms in total. The molecule has 0 radical (unpaired) electrons. The quantitative estimate of drug-likeness (QED) is 0.601. The van der Waals surface area contributed by atoms with E-state index in [1.807, 2.05) is 12.2 Å². The van der Waals surface area contributed by atoms with Crippen LogP contribution < -0.4 is 10.1 Å². The first-order chi connectivity index (χ1) is 11.0. The van der Waals surface area contributed by atoms with Crippen LogP contribution in [0.25, 0.3) is 0 Å². The Labute approximate surface area is 133 Å². The molecule has 0 saturated carbocycles. The first kappa shape index (κ1) is 16.7. The van der Waals surface area contributed by atoms with Crippen LogP contribution in [0, 0.1) is 0 Å². The fourth-order valence-electron chi connectivity index (χ4n) is 2.50. The molecule has 1 aromatic carbocycles. The fourth-order valence-corrected chi connectivity index (χ4v) is 2.50. The average Bonchev–Trinajstić information content (AvgIpc) is 2.77. The Hall–Kier alpha value is -2.70. The number of carbonyl (C=O) groups is 4. The zero-order valence-corrected chi connectivity index (χ0v) is 13.0. The largest absolute Gasteiger partial charge is 0.494 e. The summed E-state index contributed by atoms with van der Waals surface area (Å²) in [6.45, 7) is 3.99. The van der Waals surface area contributed by atoms with Crippen LogP contribution in [0.4, 0.5) is 0 Å². The van der Waals surface area contributed by atoms with E-state index in [2.05, 4.69) is 0 Å². The second-order valence-electron chi connectivity index (χ2n) is 5.19. The maximum Gasteiger partial charge on any atom is 0.261 e. The first-order valence-electron chi connectivity index (χ1n) is 7.37. The summed E-state index contributed by atoms with van der Waals surface area (Å²) in [6, 6.07) is 4.34. The Morgan fingerprint density at radius 2 is 2.00 bits per heavy atom. The van der Waals surface area contributed by atoms with E-state index in [-0.39, 0.29) is 18.7 Å². The summed E-state index contributed by atoms with van der Waals surface area (Å²) in [7, 11) is 0. The number of benzene rings is 1. The number of ether oxygens (including phenoxy) is 1. The normalized spacial score (nSPS) is 14.4. The van der Waals surface area contributed by atoms with Gasteiger partial charge in [0, 0.05) is 12.5 Å². The van der Waals surface area contributed by atoms with Crippen LogP contribution in [0.5, 0.6) is 5.75 Å². The van der Waals surface area contributed by atoms with Gasteiger partial charge in [0.15, 0.2) is 0 Å². The number of rotatable bonds is 7. The Morgan fingerprint density at radius 3 is 2.65 bits per heavy atom. The third-order valence-corrected chi connectivity index (χ3v) is 3.65. The van der Waals surface area contributed by atoms with E-state index in [9.17, 15) is 19.2 Å². The van der Waals surface area contributed by atoms with Gasteiger partial charge in [-0.3, -0.25) is 29.4 Å². The van der Waals surface area contributed by atoms with Gasteiger partial charge in [-0.2, -0.15) is 0 Å². The van der Waals surface area contributed by atoms with Crippen molar-refractivity contribution in [3.05, 3.63) is 29.3 Å². The molecule has 1 heterocycles. The predicted molar refractivity (Wildman–Crippen MR) is 81.0 cm³/mol. The van der Waals surface area contributed by atoms with E-state index >= 15 is 0 Å².